The van der Waals surface area contributed by atoms with Crippen molar-refractivity contribution in [2.75, 3.05) is 5.32 Å². The van der Waals surface area contributed by atoms with E-state index in [0.29, 0.717) is 40.2 Å². The molecule has 0 fully saturated rings. The number of carbonyl (C=O) groups is 1. The van der Waals surface area contributed by atoms with Gasteiger partial charge in [0.15, 0.2) is 11.6 Å². The number of halogens is 1. The van der Waals surface area contributed by atoms with Gasteiger partial charge in [-0.25, -0.2) is 9.37 Å². The van der Waals surface area contributed by atoms with Crippen LogP contribution in [0.1, 0.15) is 19.8 Å². The van der Waals surface area contributed by atoms with E-state index in [1.54, 1.807) is 12.3 Å². The van der Waals surface area contributed by atoms with Gasteiger partial charge in [-0.15, -0.1) is 0 Å². The van der Waals surface area contributed by atoms with Crippen molar-refractivity contribution in [3.05, 3.63) is 73.1 Å². The lowest BCUT2D eigenvalue weighted by Crippen LogP contribution is -2.10. The van der Waals surface area contributed by atoms with Crippen molar-refractivity contribution in [3.63, 3.8) is 0 Å². The Hall–Kier alpha value is -4.99. The molecule has 0 radical (unpaired) electrons. The third-order valence-electron chi connectivity index (χ3n) is 5.99. The third kappa shape index (κ3) is 4.08. The molecule has 0 atom stereocenters. The Balaban J connectivity index is 1.44. The van der Waals surface area contributed by atoms with Crippen molar-refractivity contribution < 1.29 is 9.18 Å². The lowest BCUT2D eigenvalue weighted by molar-refractivity contribution is -0.116. The van der Waals surface area contributed by atoms with Gasteiger partial charge in [-0.3, -0.25) is 24.8 Å². The van der Waals surface area contributed by atoms with Gasteiger partial charge >= 0.3 is 0 Å². The van der Waals surface area contributed by atoms with Crippen LogP contribution in [0.5, 0.6) is 0 Å². The van der Waals surface area contributed by atoms with Crippen LogP contribution in [0.4, 0.5) is 10.1 Å². The second-order valence-electron chi connectivity index (χ2n) is 8.54. The summed E-state index contributed by atoms with van der Waals surface area (Å²) in [6.07, 6.45) is 7.39. The second-order valence-corrected chi connectivity index (χ2v) is 8.54. The quantitative estimate of drug-likeness (QED) is 0.282. The highest BCUT2D eigenvalue weighted by Crippen LogP contribution is 2.34. The van der Waals surface area contributed by atoms with E-state index in [9.17, 15) is 4.79 Å². The number of fused-ring (bicyclic) bond motifs is 2. The van der Waals surface area contributed by atoms with Crippen molar-refractivity contribution in [3.8, 4) is 34.0 Å². The molecule has 9 nitrogen and oxygen atoms in total. The topological polar surface area (TPSA) is 125 Å². The number of para-hydroxylation sites is 1. The van der Waals surface area contributed by atoms with Gasteiger partial charge in [0.1, 0.15) is 11.4 Å². The molecule has 0 aliphatic rings. The standard InChI is InChI=1S/C27H21FN8O/c1-2-6-21(37)32-16-11-15(12-29-13-16)24-23(28)22-20(14-31-24)35-36-26(22)27-33-19-9-5-7-17(25(19)34-27)18-8-3-4-10-30-18/h3-5,7-14H,2,6H2,1H3,(H,32,37)(H,33,34)(H,35,36). The summed E-state index contributed by atoms with van der Waals surface area (Å²) in [6.45, 7) is 1.92. The number of hydrogen-bond donors (Lipinski definition) is 3. The summed E-state index contributed by atoms with van der Waals surface area (Å²) in [5.41, 5.74) is 4.91. The molecule has 5 heterocycles. The number of hydrogen-bond acceptors (Lipinski definition) is 6. The van der Waals surface area contributed by atoms with Crippen LogP contribution < -0.4 is 5.32 Å². The Morgan fingerprint density at radius 1 is 1.03 bits per heavy atom. The molecule has 0 bridgehead atoms. The molecule has 5 aromatic heterocycles. The molecule has 0 unspecified atom stereocenters. The fraction of sp³-hybridized carbons (Fsp3) is 0.111. The van der Waals surface area contributed by atoms with Gasteiger partial charge in [0, 0.05) is 29.9 Å². The smallest absolute Gasteiger partial charge is 0.224 e. The summed E-state index contributed by atoms with van der Waals surface area (Å²) in [4.78, 5) is 32.9. The van der Waals surface area contributed by atoms with Crippen LogP contribution in [0, 0.1) is 5.82 Å². The number of rotatable bonds is 6. The molecule has 3 N–H and O–H groups in total. The second kappa shape index (κ2) is 9.23. The predicted molar refractivity (Wildman–Crippen MR) is 139 cm³/mol. The van der Waals surface area contributed by atoms with Gasteiger partial charge < -0.3 is 10.3 Å². The third-order valence-corrected chi connectivity index (χ3v) is 5.99. The summed E-state index contributed by atoms with van der Waals surface area (Å²) in [7, 11) is 0. The zero-order valence-corrected chi connectivity index (χ0v) is 19.8. The number of benzene rings is 1. The Morgan fingerprint density at radius 2 is 1.95 bits per heavy atom. The number of carbonyl (C=O) groups excluding carboxylic acids is 1. The number of H-pyrrole nitrogens is 2. The first kappa shape index (κ1) is 22.5. The first-order valence-corrected chi connectivity index (χ1v) is 11.8. The molecule has 6 rings (SSSR count). The Labute approximate surface area is 210 Å². The number of nitrogens with zero attached hydrogens (tertiary/aromatic N) is 5. The molecule has 1 amide bonds. The number of anilines is 1. The van der Waals surface area contributed by atoms with Gasteiger partial charge in [-0.1, -0.05) is 25.1 Å². The summed E-state index contributed by atoms with van der Waals surface area (Å²) >= 11 is 0. The molecule has 0 aliphatic carbocycles. The first-order valence-electron chi connectivity index (χ1n) is 11.8. The monoisotopic (exact) mass is 492 g/mol. The Morgan fingerprint density at radius 3 is 2.78 bits per heavy atom. The van der Waals surface area contributed by atoms with Crippen LogP contribution in [0.2, 0.25) is 0 Å². The molecule has 0 saturated carbocycles. The van der Waals surface area contributed by atoms with Gasteiger partial charge in [0.2, 0.25) is 5.91 Å². The SMILES string of the molecule is CCCC(=O)Nc1cncc(-c2ncc3[nH]nc(-c4nc5c(-c6ccccn6)cccc5[nH]4)c3c2F)c1. The van der Waals surface area contributed by atoms with Gasteiger partial charge in [0.25, 0.3) is 0 Å². The zero-order valence-electron chi connectivity index (χ0n) is 19.8. The van der Waals surface area contributed by atoms with Crippen LogP contribution in [-0.2, 0) is 4.79 Å². The molecule has 0 spiro atoms. The molecular formula is C27H21FN8O. The maximum Gasteiger partial charge on any atom is 0.224 e. The summed E-state index contributed by atoms with van der Waals surface area (Å²) < 4.78 is 16.0. The molecule has 1 aromatic carbocycles. The molecule has 0 saturated heterocycles. The molecule has 6 aromatic rings. The fourth-order valence-corrected chi connectivity index (χ4v) is 4.31. The zero-order chi connectivity index (χ0) is 25.4. The number of aromatic nitrogens is 7. The van der Waals surface area contributed by atoms with E-state index < -0.39 is 5.82 Å². The molecule has 0 aliphatic heterocycles. The lowest BCUT2D eigenvalue weighted by atomic mass is 10.1. The normalized spacial score (nSPS) is 11.3. The maximum absolute atomic E-state index is 16.0. The number of aromatic amines is 2. The van der Waals surface area contributed by atoms with Crippen molar-refractivity contribution in [1.82, 2.24) is 35.1 Å². The number of amides is 1. The average molecular weight is 493 g/mol. The van der Waals surface area contributed by atoms with Crippen molar-refractivity contribution >= 4 is 33.5 Å². The Bertz CT molecular complexity index is 1760. The van der Waals surface area contributed by atoms with E-state index in [1.807, 2.05) is 43.3 Å². The largest absolute Gasteiger partial charge is 0.337 e. The average Bonchev–Trinajstić information content (AvgIpc) is 3.54. The fourth-order valence-electron chi connectivity index (χ4n) is 4.31. The van der Waals surface area contributed by atoms with Crippen LogP contribution in [-0.4, -0.2) is 41.0 Å². The predicted octanol–water partition coefficient (Wildman–Crippen LogP) is 5.50. The van der Waals surface area contributed by atoms with Gasteiger partial charge in [-0.2, -0.15) is 5.10 Å². The number of imidazole rings is 1. The number of pyridine rings is 3. The summed E-state index contributed by atoms with van der Waals surface area (Å²) in [5.74, 6) is -0.276. The minimum absolute atomic E-state index is 0.0968. The highest BCUT2D eigenvalue weighted by Gasteiger charge is 2.21. The summed E-state index contributed by atoms with van der Waals surface area (Å²) in [6, 6.07) is 13.1. The van der Waals surface area contributed by atoms with Crippen LogP contribution in [0.3, 0.4) is 0 Å². The van der Waals surface area contributed by atoms with Crippen LogP contribution in [0.25, 0.3) is 56.0 Å². The van der Waals surface area contributed by atoms with E-state index in [4.69, 9.17) is 4.98 Å². The first-order chi connectivity index (χ1) is 18.1. The highest BCUT2D eigenvalue weighted by atomic mass is 19.1. The lowest BCUT2D eigenvalue weighted by Gasteiger charge is -2.07. The van der Waals surface area contributed by atoms with Crippen molar-refractivity contribution in [2.45, 2.75) is 19.8 Å². The van der Waals surface area contributed by atoms with Gasteiger partial charge in [0.05, 0.1) is 45.7 Å². The number of nitrogens with one attached hydrogen (secondary N) is 3. The van der Waals surface area contributed by atoms with Gasteiger partial charge in [-0.05, 0) is 30.7 Å². The van der Waals surface area contributed by atoms with E-state index in [1.165, 1.54) is 18.6 Å². The minimum atomic E-state index is -0.564. The molecule has 37 heavy (non-hydrogen) atoms. The van der Waals surface area contributed by atoms with Crippen LogP contribution >= 0.6 is 0 Å². The van der Waals surface area contributed by atoms with Crippen molar-refractivity contribution in [1.29, 1.82) is 0 Å². The van der Waals surface area contributed by atoms with E-state index >= 15 is 4.39 Å². The molecule has 182 valence electrons. The van der Waals surface area contributed by atoms with E-state index in [0.717, 1.165) is 23.2 Å². The highest BCUT2D eigenvalue weighted by molar-refractivity contribution is 5.98. The Kier molecular flexibility index (Phi) is 5.61. The van der Waals surface area contributed by atoms with Crippen LogP contribution in [0.15, 0.2) is 67.3 Å². The molecular weight excluding hydrogens is 471 g/mol. The van der Waals surface area contributed by atoms with E-state index in [2.05, 4.69) is 35.5 Å². The molecule has 10 heteroatoms. The van der Waals surface area contributed by atoms with Crippen molar-refractivity contribution in [2.24, 2.45) is 0 Å². The summed E-state index contributed by atoms with van der Waals surface area (Å²) in [5, 5.41) is 10.2. The minimum Gasteiger partial charge on any atom is -0.337 e. The van der Waals surface area contributed by atoms with E-state index in [-0.39, 0.29) is 17.0 Å². The maximum atomic E-state index is 16.0.